The van der Waals surface area contributed by atoms with Crippen molar-refractivity contribution in [2.75, 3.05) is 11.9 Å². The van der Waals surface area contributed by atoms with Crippen LogP contribution in [0.5, 0.6) is 0 Å². The number of ether oxygens (including phenoxy) is 1. The van der Waals surface area contributed by atoms with E-state index in [1.807, 2.05) is 0 Å². The summed E-state index contributed by atoms with van der Waals surface area (Å²) in [6, 6.07) is 6.75. The zero-order chi connectivity index (χ0) is 19.5. The molecule has 28 heavy (non-hydrogen) atoms. The van der Waals surface area contributed by atoms with Crippen molar-refractivity contribution in [2.45, 2.75) is 58.1 Å². The lowest BCUT2D eigenvalue weighted by molar-refractivity contribution is 0.0318. The summed E-state index contributed by atoms with van der Waals surface area (Å²) in [5.74, 6) is -0.291. The fourth-order valence-electron chi connectivity index (χ4n) is 3.94. The van der Waals surface area contributed by atoms with Gasteiger partial charge in [-0.3, -0.25) is 5.10 Å². The van der Waals surface area contributed by atoms with E-state index in [-0.39, 0.29) is 18.1 Å². The predicted molar refractivity (Wildman–Crippen MR) is 105 cm³/mol. The molecule has 0 saturated heterocycles. The van der Waals surface area contributed by atoms with Gasteiger partial charge in [0.2, 0.25) is 0 Å². The molecular weight excluding hydrogens is 356 g/mol. The van der Waals surface area contributed by atoms with Crippen molar-refractivity contribution in [3.05, 3.63) is 46.8 Å². The molecule has 2 heterocycles. The van der Waals surface area contributed by atoms with Crippen molar-refractivity contribution < 1.29 is 14.3 Å². The van der Waals surface area contributed by atoms with E-state index in [1.54, 1.807) is 29.2 Å². The smallest absolute Gasteiger partial charge is 0.338 e. The maximum Gasteiger partial charge on any atom is 0.338 e. The summed E-state index contributed by atoms with van der Waals surface area (Å²) in [7, 11) is 0. The highest BCUT2D eigenvalue weighted by Crippen LogP contribution is 2.23. The Balaban J connectivity index is 1.35. The Hall–Kier alpha value is -2.83. The molecule has 2 aliphatic rings. The van der Waals surface area contributed by atoms with E-state index in [0.29, 0.717) is 24.3 Å². The number of fused-ring (bicyclic) bond motifs is 1. The predicted octanol–water partition coefficient (Wildman–Crippen LogP) is 3.66. The van der Waals surface area contributed by atoms with Gasteiger partial charge in [0.25, 0.3) is 0 Å². The number of amides is 2. The standard InChI is InChI=1S/C21H26N4O3/c1-2-18-17-13-25(12-11-19(17)24-23-18)21(27)22-15-9-7-14(8-10-15)20(26)28-16-5-3-4-6-16/h7-10,16H,2-6,11-13H2,1H3,(H,22,27)(H,23,24). The number of hydrogen-bond donors (Lipinski definition) is 2. The number of urea groups is 1. The summed E-state index contributed by atoms with van der Waals surface area (Å²) < 4.78 is 5.52. The third-order valence-electron chi connectivity index (χ3n) is 5.59. The van der Waals surface area contributed by atoms with Crippen LogP contribution in [0.15, 0.2) is 24.3 Å². The normalized spacial score (nSPS) is 16.7. The van der Waals surface area contributed by atoms with Gasteiger partial charge < -0.3 is 15.0 Å². The summed E-state index contributed by atoms with van der Waals surface area (Å²) in [6.45, 7) is 3.28. The highest BCUT2D eigenvalue weighted by atomic mass is 16.5. The number of hydrogen-bond acceptors (Lipinski definition) is 4. The molecule has 1 fully saturated rings. The lowest BCUT2D eigenvalue weighted by Crippen LogP contribution is -2.39. The van der Waals surface area contributed by atoms with Crippen LogP contribution in [0, 0.1) is 0 Å². The molecule has 7 heteroatoms. The van der Waals surface area contributed by atoms with Crippen molar-refractivity contribution in [3.63, 3.8) is 0 Å². The van der Waals surface area contributed by atoms with E-state index in [4.69, 9.17) is 4.74 Å². The van der Waals surface area contributed by atoms with Crippen LogP contribution in [0.3, 0.4) is 0 Å². The Labute approximate surface area is 164 Å². The lowest BCUT2D eigenvalue weighted by atomic mass is 10.0. The van der Waals surface area contributed by atoms with E-state index in [1.165, 1.54) is 0 Å². The van der Waals surface area contributed by atoms with Crippen molar-refractivity contribution in [1.29, 1.82) is 0 Å². The molecule has 1 aliphatic carbocycles. The van der Waals surface area contributed by atoms with Crippen LogP contribution in [0.2, 0.25) is 0 Å². The maximum atomic E-state index is 12.6. The molecule has 2 amide bonds. The summed E-state index contributed by atoms with van der Waals surface area (Å²) in [6.07, 6.45) is 5.83. The second-order valence-corrected chi connectivity index (χ2v) is 7.47. The molecule has 0 spiro atoms. The average Bonchev–Trinajstić information content (AvgIpc) is 3.37. The minimum absolute atomic E-state index is 0.0480. The molecule has 148 valence electrons. The number of esters is 1. The average molecular weight is 382 g/mol. The molecule has 1 aromatic carbocycles. The van der Waals surface area contributed by atoms with Gasteiger partial charge in [0.15, 0.2) is 0 Å². The Bertz CT molecular complexity index is 840. The Kier molecular flexibility index (Phi) is 5.32. The van der Waals surface area contributed by atoms with Crippen molar-refractivity contribution in [1.82, 2.24) is 15.1 Å². The zero-order valence-electron chi connectivity index (χ0n) is 16.2. The third-order valence-corrected chi connectivity index (χ3v) is 5.59. The number of anilines is 1. The van der Waals surface area contributed by atoms with Gasteiger partial charge in [0.1, 0.15) is 6.10 Å². The lowest BCUT2D eigenvalue weighted by Gasteiger charge is -2.27. The number of aromatic amines is 1. The molecule has 4 rings (SSSR count). The maximum absolute atomic E-state index is 12.6. The summed E-state index contributed by atoms with van der Waals surface area (Å²) in [4.78, 5) is 26.6. The molecule has 1 aliphatic heterocycles. The number of benzene rings is 1. The first-order valence-electron chi connectivity index (χ1n) is 10.1. The van der Waals surface area contributed by atoms with Gasteiger partial charge in [0, 0.05) is 29.9 Å². The van der Waals surface area contributed by atoms with Gasteiger partial charge in [0.05, 0.1) is 17.8 Å². The molecule has 2 aromatic rings. The molecule has 0 atom stereocenters. The first kappa shape index (κ1) is 18.5. The fourth-order valence-corrected chi connectivity index (χ4v) is 3.94. The van der Waals surface area contributed by atoms with Crippen LogP contribution >= 0.6 is 0 Å². The number of nitrogens with zero attached hydrogens (tertiary/aromatic N) is 2. The van der Waals surface area contributed by atoms with Crippen LogP contribution in [0.4, 0.5) is 10.5 Å². The zero-order valence-corrected chi connectivity index (χ0v) is 16.2. The highest BCUT2D eigenvalue weighted by molar-refractivity contribution is 5.92. The molecule has 1 aromatic heterocycles. The Morgan fingerprint density at radius 3 is 2.71 bits per heavy atom. The van der Waals surface area contributed by atoms with Gasteiger partial charge in [-0.05, 0) is 56.4 Å². The highest BCUT2D eigenvalue weighted by Gasteiger charge is 2.25. The SMILES string of the molecule is CCc1n[nH]c2c1CN(C(=O)Nc1ccc(C(=O)OC3CCCC3)cc1)CC2. The number of aryl methyl sites for hydroxylation is 1. The second-order valence-electron chi connectivity index (χ2n) is 7.47. The van der Waals surface area contributed by atoms with Gasteiger partial charge in [-0.2, -0.15) is 5.10 Å². The van der Waals surface area contributed by atoms with Crippen LogP contribution in [0.1, 0.15) is 59.9 Å². The van der Waals surface area contributed by atoms with Crippen molar-refractivity contribution >= 4 is 17.7 Å². The van der Waals surface area contributed by atoms with E-state index < -0.39 is 0 Å². The topological polar surface area (TPSA) is 87.3 Å². The Morgan fingerprint density at radius 2 is 2.00 bits per heavy atom. The first-order valence-corrected chi connectivity index (χ1v) is 10.1. The fraction of sp³-hybridized carbons (Fsp3) is 0.476. The van der Waals surface area contributed by atoms with Crippen LogP contribution in [-0.4, -0.2) is 39.7 Å². The monoisotopic (exact) mass is 382 g/mol. The van der Waals surface area contributed by atoms with Gasteiger partial charge in [-0.15, -0.1) is 0 Å². The van der Waals surface area contributed by atoms with Crippen LogP contribution in [-0.2, 0) is 24.1 Å². The summed E-state index contributed by atoms with van der Waals surface area (Å²) in [5.41, 5.74) is 4.46. The van der Waals surface area contributed by atoms with Crippen molar-refractivity contribution in [3.8, 4) is 0 Å². The largest absolute Gasteiger partial charge is 0.459 e. The molecule has 7 nitrogen and oxygen atoms in total. The van der Waals surface area contributed by atoms with Gasteiger partial charge in [-0.25, -0.2) is 9.59 Å². The number of H-pyrrole nitrogens is 1. The summed E-state index contributed by atoms with van der Waals surface area (Å²) >= 11 is 0. The van der Waals surface area contributed by atoms with Gasteiger partial charge in [-0.1, -0.05) is 6.92 Å². The van der Waals surface area contributed by atoms with Gasteiger partial charge >= 0.3 is 12.0 Å². The quantitative estimate of drug-likeness (QED) is 0.790. The summed E-state index contributed by atoms with van der Waals surface area (Å²) in [5, 5.41) is 10.3. The minimum atomic E-state index is -0.291. The number of nitrogens with one attached hydrogen (secondary N) is 2. The van der Waals surface area contributed by atoms with E-state index in [2.05, 4.69) is 22.4 Å². The minimum Gasteiger partial charge on any atom is -0.459 e. The van der Waals surface area contributed by atoms with Crippen LogP contribution < -0.4 is 5.32 Å². The van der Waals surface area contributed by atoms with Crippen molar-refractivity contribution in [2.24, 2.45) is 0 Å². The number of rotatable bonds is 4. The van der Waals surface area contributed by atoms with Crippen LogP contribution in [0.25, 0.3) is 0 Å². The molecule has 2 N–H and O–H groups in total. The number of carbonyl (C=O) groups is 2. The van der Waals surface area contributed by atoms with E-state index in [0.717, 1.165) is 55.5 Å². The van der Waals surface area contributed by atoms with E-state index >= 15 is 0 Å². The Morgan fingerprint density at radius 1 is 1.25 bits per heavy atom. The molecule has 0 bridgehead atoms. The number of aromatic nitrogens is 2. The van der Waals surface area contributed by atoms with E-state index in [9.17, 15) is 9.59 Å². The molecular formula is C21H26N4O3. The number of carbonyl (C=O) groups excluding carboxylic acids is 2. The molecule has 0 unspecified atom stereocenters. The molecule has 0 radical (unpaired) electrons. The third kappa shape index (κ3) is 3.88. The first-order chi connectivity index (χ1) is 13.6. The second kappa shape index (κ2) is 8.04. The molecule has 1 saturated carbocycles.